The minimum Gasteiger partial charge on any atom is -0.550 e. The quantitative estimate of drug-likeness (QED) is 0.605. The van der Waals surface area contributed by atoms with Crippen molar-refractivity contribution >= 4 is 17.6 Å². The summed E-state index contributed by atoms with van der Waals surface area (Å²) in [5.41, 5.74) is 0.948. The molecule has 0 fully saturated rings. The molecule has 0 aliphatic rings. The van der Waals surface area contributed by atoms with Crippen molar-refractivity contribution in [2.24, 2.45) is 0 Å². The number of rotatable bonds is 7. The molecule has 1 atom stereocenters. The number of carboxylic acids is 1. The first-order chi connectivity index (χ1) is 11.5. The normalized spacial score (nSPS) is 11.5. The molecule has 0 aromatic heterocycles. The second-order valence-corrected chi connectivity index (χ2v) is 5.21. The van der Waals surface area contributed by atoms with Crippen LogP contribution in [0.25, 0.3) is 0 Å². The third-order valence-electron chi connectivity index (χ3n) is 3.40. The molecule has 2 aromatic rings. The van der Waals surface area contributed by atoms with Gasteiger partial charge in [0.1, 0.15) is 0 Å². The van der Waals surface area contributed by atoms with E-state index in [-0.39, 0.29) is 18.0 Å². The van der Waals surface area contributed by atoms with E-state index in [9.17, 15) is 24.8 Å². The number of carbonyl (C=O) groups is 2. The Labute approximate surface area is 138 Å². The molecule has 0 spiro atoms. The lowest BCUT2D eigenvalue weighted by Crippen LogP contribution is -2.35. The van der Waals surface area contributed by atoms with Crippen LogP contribution < -0.4 is 10.4 Å². The van der Waals surface area contributed by atoms with E-state index in [4.69, 9.17) is 0 Å². The topological polar surface area (TPSA) is 112 Å². The molecule has 24 heavy (non-hydrogen) atoms. The van der Waals surface area contributed by atoms with Crippen molar-refractivity contribution in [1.82, 2.24) is 5.32 Å². The zero-order chi connectivity index (χ0) is 17.5. The molecule has 124 valence electrons. The summed E-state index contributed by atoms with van der Waals surface area (Å²) in [6, 6.07) is 13.6. The fraction of sp³-hybridized carbons (Fsp3) is 0.176. The zero-order valence-electron chi connectivity index (χ0n) is 12.7. The van der Waals surface area contributed by atoms with Gasteiger partial charge in [0.05, 0.1) is 17.4 Å². The summed E-state index contributed by atoms with van der Waals surface area (Å²) in [5.74, 6) is -1.73. The molecule has 0 heterocycles. The minimum absolute atomic E-state index is 0.0827. The van der Waals surface area contributed by atoms with Crippen LogP contribution in [0.4, 0.5) is 5.69 Å². The highest BCUT2D eigenvalue weighted by Gasteiger charge is 2.18. The van der Waals surface area contributed by atoms with Crippen molar-refractivity contribution in [1.29, 1.82) is 0 Å². The van der Waals surface area contributed by atoms with Gasteiger partial charge in [-0.2, -0.15) is 0 Å². The Bertz CT molecular complexity index is 746. The van der Waals surface area contributed by atoms with Gasteiger partial charge in [-0.05, 0) is 11.1 Å². The van der Waals surface area contributed by atoms with Crippen LogP contribution in [0.1, 0.15) is 23.6 Å². The first-order valence-corrected chi connectivity index (χ1v) is 7.23. The maximum atomic E-state index is 12.1. The molecule has 1 amide bonds. The Kier molecular flexibility index (Phi) is 5.62. The van der Waals surface area contributed by atoms with Crippen LogP contribution in [0.15, 0.2) is 54.6 Å². The highest BCUT2D eigenvalue weighted by Crippen LogP contribution is 2.21. The number of hydrogen-bond acceptors (Lipinski definition) is 5. The van der Waals surface area contributed by atoms with Gasteiger partial charge in [0.2, 0.25) is 5.91 Å². The molecule has 2 rings (SSSR count). The highest BCUT2D eigenvalue weighted by molar-refractivity contribution is 5.79. The van der Waals surface area contributed by atoms with E-state index in [1.807, 2.05) is 6.07 Å². The Morgan fingerprint density at radius 1 is 1.08 bits per heavy atom. The number of hydrogen-bond donors (Lipinski definition) is 1. The van der Waals surface area contributed by atoms with Crippen LogP contribution in [0.2, 0.25) is 0 Å². The third-order valence-corrected chi connectivity index (χ3v) is 3.40. The summed E-state index contributed by atoms with van der Waals surface area (Å²) < 4.78 is 0. The average Bonchev–Trinajstić information content (AvgIpc) is 2.55. The smallest absolute Gasteiger partial charge is 0.269 e. The number of aliphatic carboxylic acids is 1. The highest BCUT2D eigenvalue weighted by atomic mass is 16.6. The lowest BCUT2D eigenvalue weighted by Gasteiger charge is -2.19. The molecule has 0 aliphatic carbocycles. The van der Waals surface area contributed by atoms with Crippen LogP contribution in [0.5, 0.6) is 0 Å². The first kappa shape index (κ1) is 17.1. The molecule has 0 saturated carbocycles. The lowest BCUT2D eigenvalue weighted by molar-refractivity contribution is -0.385. The Balaban J connectivity index is 2.16. The van der Waals surface area contributed by atoms with Crippen LogP contribution >= 0.6 is 0 Å². The van der Waals surface area contributed by atoms with Crippen molar-refractivity contribution in [3.63, 3.8) is 0 Å². The first-order valence-electron chi connectivity index (χ1n) is 7.23. The molecule has 7 heteroatoms. The predicted octanol–water partition coefficient (Wildman–Crippen LogP) is 1.13. The summed E-state index contributed by atoms with van der Waals surface area (Å²) in [6.45, 7) is 0. The molecular weight excluding hydrogens is 312 g/mol. The van der Waals surface area contributed by atoms with Crippen LogP contribution in [0.3, 0.4) is 0 Å². The SMILES string of the molecule is O=C([O-])C[C@@H](NC(=O)Cc1ccccc1)c1cccc([N+](=O)[O-])c1. The number of carbonyl (C=O) groups excluding carboxylic acids is 2. The number of nitrogens with one attached hydrogen (secondary N) is 1. The number of benzene rings is 2. The van der Waals surface area contributed by atoms with Gasteiger partial charge >= 0.3 is 0 Å². The van der Waals surface area contributed by atoms with Gasteiger partial charge in [0.15, 0.2) is 0 Å². The minimum atomic E-state index is -1.36. The van der Waals surface area contributed by atoms with Crippen molar-refractivity contribution in [2.75, 3.05) is 0 Å². The van der Waals surface area contributed by atoms with Gasteiger partial charge in [0.25, 0.3) is 5.69 Å². The molecule has 7 nitrogen and oxygen atoms in total. The molecule has 0 unspecified atom stereocenters. The van der Waals surface area contributed by atoms with E-state index in [1.165, 1.54) is 24.3 Å². The largest absolute Gasteiger partial charge is 0.550 e. The summed E-state index contributed by atoms with van der Waals surface area (Å²) in [6.07, 6.45) is -0.388. The maximum Gasteiger partial charge on any atom is 0.269 e. The fourth-order valence-corrected chi connectivity index (χ4v) is 2.30. The van der Waals surface area contributed by atoms with E-state index in [2.05, 4.69) is 5.32 Å². The Morgan fingerprint density at radius 2 is 1.79 bits per heavy atom. The van der Waals surface area contributed by atoms with Crippen LogP contribution in [0, 0.1) is 10.1 Å². The predicted molar refractivity (Wildman–Crippen MR) is 83.8 cm³/mol. The summed E-state index contributed by atoms with van der Waals surface area (Å²) >= 11 is 0. The second-order valence-electron chi connectivity index (χ2n) is 5.21. The molecule has 1 N–H and O–H groups in total. The Hall–Kier alpha value is -3.22. The van der Waals surface area contributed by atoms with Gasteiger partial charge in [0, 0.05) is 24.5 Å². The number of nitro benzene ring substituents is 1. The summed E-state index contributed by atoms with van der Waals surface area (Å²) in [4.78, 5) is 33.4. The molecule has 0 saturated heterocycles. The molecule has 2 aromatic carbocycles. The Morgan fingerprint density at radius 3 is 2.42 bits per heavy atom. The maximum absolute atomic E-state index is 12.1. The number of non-ortho nitro benzene ring substituents is 1. The monoisotopic (exact) mass is 327 g/mol. The van der Waals surface area contributed by atoms with Crippen LogP contribution in [-0.2, 0) is 16.0 Å². The van der Waals surface area contributed by atoms with E-state index in [0.29, 0.717) is 5.56 Å². The molecular formula is C17H15N2O5-. The summed E-state index contributed by atoms with van der Waals surface area (Å²) in [7, 11) is 0. The van der Waals surface area contributed by atoms with Crippen molar-refractivity contribution in [3.8, 4) is 0 Å². The van der Waals surface area contributed by atoms with E-state index in [0.717, 1.165) is 5.56 Å². The van der Waals surface area contributed by atoms with Crippen molar-refractivity contribution < 1.29 is 19.6 Å². The van der Waals surface area contributed by atoms with Gasteiger partial charge in [-0.25, -0.2) is 0 Å². The second kappa shape index (κ2) is 7.87. The van der Waals surface area contributed by atoms with E-state index in [1.54, 1.807) is 24.3 Å². The lowest BCUT2D eigenvalue weighted by atomic mass is 10.0. The molecule has 0 radical (unpaired) electrons. The van der Waals surface area contributed by atoms with Gasteiger partial charge < -0.3 is 15.2 Å². The van der Waals surface area contributed by atoms with E-state index >= 15 is 0 Å². The standard InChI is InChI=1S/C17H16N2O5/c20-16(9-12-5-2-1-3-6-12)18-15(11-17(21)22)13-7-4-8-14(10-13)19(23)24/h1-8,10,15H,9,11H2,(H,18,20)(H,21,22)/p-1/t15-/m1/s1. The van der Waals surface area contributed by atoms with Crippen molar-refractivity contribution in [2.45, 2.75) is 18.9 Å². The third kappa shape index (κ3) is 4.91. The molecule has 0 aliphatic heterocycles. The zero-order valence-corrected chi connectivity index (χ0v) is 12.7. The van der Waals surface area contributed by atoms with Crippen molar-refractivity contribution in [3.05, 3.63) is 75.8 Å². The van der Waals surface area contributed by atoms with Gasteiger partial charge in [-0.15, -0.1) is 0 Å². The van der Waals surface area contributed by atoms with Gasteiger partial charge in [-0.1, -0.05) is 42.5 Å². The number of nitro groups is 1. The average molecular weight is 327 g/mol. The summed E-state index contributed by atoms with van der Waals surface area (Å²) in [5, 5.41) is 24.4. The van der Waals surface area contributed by atoms with Gasteiger partial charge in [-0.3, -0.25) is 14.9 Å². The van der Waals surface area contributed by atoms with E-state index < -0.39 is 23.4 Å². The number of nitrogens with zero attached hydrogens (tertiary/aromatic N) is 1. The molecule has 0 bridgehead atoms. The fourth-order valence-electron chi connectivity index (χ4n) is 2.30. The number of amides is 1. The van der Waals surface area contributed by atoms with Crippen LogP contribution in [-0.4, -0.2) is 16.8 Å². The number of carboxylic acid groups (broad SMARTS) is 1.